The Hall–Kier alpha value is -2.15. The number of hydrogen-bond acceptors (Lipinski definition) is 4. The van der Waals surface area contributed by atoms with Crippen LogP contribution < -0.4 is 4.74 Å². The van der Waals surface area contributed by atoms with Crippen molar-refractivity contribution in [1.29, 1.82) is 0 Å². The van der Waals surface area contributed by atoms with Crippen molar-refractivity contribution >= 4 is 55.0 Å². The topological polar surface area (TPSA) is 41.9 Å². The molecule has 0 bridgehead atoms. The lowest BCUT2D eigenvalue weighted by Gasteiger charge is -2.37. The first-order chi connectivity index (χ1) is 14.5. The van der Waals surface area contributed by atoms with Gasteiger partial charge in [-0.2, -0.15) is 5.10 Å². The third-order valence-corrected chi connectivity index (χ3v) is 6.56. The van der Waals surface area contributed by atoms with Crippen LogP contribution in [0.4, 0.5) is 0 Å². The fourth-order valence-corrected chi connectivity index (χ4v) is 4.57. The van der Waals surface area contributed by atoms with Crippen molar-refractivity contribution in [1.82, 2.24) is 5.01 Å². The van der Waals surface area contributed by atoms with Gasteiger partial charge in [-0.3, -0.25) is 4.79 Å². The van der Waals surface area contributed by atoms with Gasteiger partial charge in [-0.25, -0.2) is 5.01 Å². The van der Waals surface area contributed by atoms with Gasteiger partial charge in [0.2, 0.25) is 5.78 Å². The molecule has 7 heteroatoms. The van der Waals surface area contributed by atoms with Gasteiger partial charge in [0.15, 0.2) is 0 Å². The number of halogens is 3. The molecule has 2 aliphatic rings. The summed E-state index contributed by atoms with van der Waals surface area (Å²) in [5.41, 5.74) is 3.48. The van der Waals surface area contributed by atoms with Gasteiger partial charge in [-0.1, -0.05) is 67.7 Å². The molecule has 0 unspecified atom stereocenters. The zero-order valence-corrected chi connectivity index (χ0v) is 19.5. The molecular formula is C23H15Br2ClN2O2. The van der Waals surface area contributed by atoms with Gasteiger partial charge in [0.25, 0.3) is 6.23 Å². The van der Waals surface area contributed by atoms with E-state index in [9.17, 15) is 4.79 Å². The van der Waals surface area contributed by atoms with Crippen LogP contribution in [0.1, 0.15) is 33.9 Å². The molecule has 0 amide bonds. The first kappa shape index (κ1) is 19.8. The second-order valence-electron chi connectivity index (χ2n) is 7.18. The highest BCUT2D eigenvalue weighted by molar-refractivity contribution is 9.10. The Kier molecular flexibility index (Phi) is 5.17. The summed E-state index contributed by atoms with van der Waals surface area (Å²) in [5, 5.41) is 7.29. The predicted octanol–water partition coefficient (Wildman–Crippen LogP) is 6.62. The molecule has 2 atom stereocenters. The summed E-state index contributed by atoms with van der Waals surface area (Å²) in [7, 11) is 0. The van der Waals surface area contributed by atoms with Crippen LogP contribution in [0.25, 0.3) is 0 Å². The number of carbonyl (C=O) groups excluding carboxylic acids is 1. The van der Waals surface area contributed by atoms with E-state index in [2.05, 4.69) is 31.9 Å². The van der Waals surface area contributed by atoms with Gasteiger partial charge in [-0.15, -0.1) is 0 Å². The lowest BCUT2D eigenvalue weighted by Crippen LogP contribution is -2.45. The third-order valence-electron chi connectivity index (χ3n) is 5.28. The lowest BCUT2D eigenvalue weighted by atomic mass is 9.96. The standard InChI is InChI=1S/C23H15Br2ClN2O2/c24-15-5-1-14(2-6-15)22(29)23-28-20(18-11-16(25)7-10-21(18)30-23)12-19(27-28)13-3-8-17(26)9-4-13/h1-11,20,23H,12H2/t20-,23-/m0/s1. The number of Topliss-reactive ketones (excluding diaryl/α,β-unsaturated/α-hetero) is 1. The summed E-state index contributed by atoms with van der Waals surface area (Å²) >= 11 is 13.0. The SMILES string of the molecule is O=C(c1ccc(Br)cc1)[C@@H]1Oc2ccc(Br)cc2[C@@H]2CC(c3ccc(Cl)cc3)=NN12. The van der Waals surface area contributed by atoms with Crippen molar-refractivity contribution in [3.05, 3.63) is 97.4 Å². The Labute approximate surface area is 195 Å². The van der Waals surface area contributed by atoms with Gasteiger partial charge in [0, 0.05) is 31.5 Å². The van der Waals surface area contributed by atoms with E-state index in [1.165, 1.54) is 0 Å². The highest BCUT2D eigenvalue weighted by Gasteiger charge is 2.43. The largest absolute Gasteiger partial charge is 0.461 e. The second kappa shape index (κ2) is 7.84. The fourth-order valence-electron chi connectivity index (χ4n) is 3.80. The molecule has 2 heterocycles. The average molecular weight is 547 g/mol. The maximum Gasteiger partial charge on any atom is 0.251 e. The Morgan fingerprint density at radius 1 is 1.00 bits per heavy atom. The number of carbonyl (C=O) groups is 1. The van der Waals surface area contributed by atoms with E-state index in [1.54, 1.807) is 17.1 Å². The van der Waals surface area contributed by atoms with Crippen LogP contribution in [0.2, 0.25) is 5.02 Å². The lowest BCUT2D eigenvalue weighted by molar-refractivity contribution is -0.00459. The monoisotopic (exact) mass is 544 g/mol. The minimum Gasteiger partial charge on any atom is -0.461 e. The molecule has 150 valence electrons. The van der Waals surface area contributed by atoms with Crippen molar-refractivity contribution in [2.24, 2.45) is 5.10 Å². The van der Waals surface area contributed by atoms with Crippen LogP contribution in [0.3, 0.4) is 0 Å². The minimum absolute atomic E-state index is 0.0821. The van der Waals surface area contributed by atoms with Crippen LogP contribution in [0.5, 0.6) is 5.75 Å². The minimum atomic E-state index is -0.824. The summed E-state index contributed by atoms with van der Waals surface area (Å²) in [5.74, 6) is 0.588. The van der Waals surface area contributed by atoms with Gasteiger partial charge >= 0.3 is 0 Å². The second-order valence-corrected chi connectivity index (χ2v) is 9.44. The molecular weight excluding hydrogens is 532 g/mol. The van der Waals surface area contributed by atoms with Gasteiger partial charge in [0.1, 0.15) is 5.75 Å². The molecule has 0 spiro atoms. The summed E-state index contributed by atoms with van der Waals surface area (Å²) < 4.78 is 8.04. The Morgan fingerprint density at radius 2 is 1.70 bits per heavy atom. The molecule has 0 fully saturated rings. The van der Waals surface area contributed by atoms with Gasteiger partial charge in [-0.05, 0) is 48.0 Å². The number of nitrogens with zero attached hydrogens (tertiary/aromatic N) is 2. The van der Waals surface area contributed by atoms with E-state index >= 15 is 0 Å². The van der Waals surface area contributed by atoms with Crippen molar-refractivity contribution in [3.8, 4) is 5.75 Å². The highest BCUT2D eigenvalue weighted by Crippen LogP contribution is 2.44. The van der Waals surface area contributed by atoms with E-state index in [0.29, 0.717) is 22.8 Å². The number of benzene rings is 3. The summed E-state index contributed by atoms with van der Waals surface area (Å²) in [4.78, 5) is 13.3. The normalized spacial score (nSPS) is 19.6. The predicted molar refractivity (Wildman–Crippen MR) is 124 cm³/mol. The van der Waals surface area contributed by atoms with Gasteiger partial charge < -0.3 is 4.74 Å². The third kappa shape index (κ3) is 3.57. The van der Waals surface area contributed by atoms with Crippen LogP contribution in [0, 0.1) is 0 Å². The first-order valence-electron chi connectivity index (χ1n) is 9.37. The molecule has 0 saturated heterocycles. The molecule has 4 nitrogen and oxygen atoms in total. The van der Waals surface area contributed by atoms with E-state index in [0.717, 1.165) is 25.8 Å². The summed E-state index contributed by atoms with van der Waals surface area (Å²) in [6, 6.07) is 20.7. The molecule has 3 aromatic rings. The van der Waals surface area contributed by atoms with Crippen molar-refractivity contribution in [2.45, 2.75) is 18.7 Å². The molecule has 0 saturated carbocycles. The quantitative estimate of drug-likeness (QED) is 0.347. The molecule has 2 aliphatic heterocycles. The number of ketones is 1. The smallest absolute Gasteiger partial charge is 0.251 e. The number of fused-ring (bicyclic) bond motifs is 3. The molecule has 5 rings (SSSR count). The zero-order chi connectivity index (χ0) is 20.8. The Bertz CT molecular complexity index is 1160. The molecule has 3 aromatic carbocycles. The van der Waals surface area contributed by atoms with Crippen LogP contribution >= 0.6 is 43.5 Å². The van der Waals surface area contributed by atoms with Crippen molar-refractivity contribution in [3.63, 3.8) is 0 Å². The van der Waals surface area contributed by atoms with E-state index in [-0.39, 0.29) is 11.8 Å². The van der Waals surface area contributed by atoms with Crippen molar-refractivity contribution in [2.75, 3.05) is 0 Å². The molecule has 0 N–H and O–H groups in total. The first-order valence-corrected chi connectivity index (χ1v) is 11.3. The average Bonchev–Trinajstić information content (AvgIpc) is 3.19. The number of ether oxygens (including phenoxy) is 1. The number of hydrazone groups is 1. The summed E-state index contributed by atoms with van der Waals surface area (Å²) in [6.45, 7) is 0. The maximum absolute atomic E-state index is 13.3. The fraction of sp³-hybridized carbons (Fsp3) is 0.130. The van der Waals surface area contributed by atoms with E-state index < -0.39 is 6.23 Å². The molecule has 0 aliphatic carbocycles. The Morgan fingerprint density at radius 3 is 2.43 bits per heavy atom. The maximum atomic E-state index is 13.3. The van der Waals surface area contributed by atoms with E-state index in [1.807, 2.05) is 54.6 Å². The van der Waals surface area contributed by atoms with Crippen LogP contribution in [-0.2, 0) is 0 Å². The molecule has 0 aromatic heterocycles. The van der Waals surface area contributed by atoms with Crippen molar-refractivity contribution < 1.29 is 9.53 Å². The van der Waals surface area contributed by atoms with Gasteiger partial charge in [0.05, 0.1) is 11.8 Å². The van der Waals surface area contributed by atoms with E-state index in [4.69, 9.17) is 21.4 Å². The van der Waals surface area contributed by atoms with Crippen LogP contribution in [0.15, 0.2) is 80.8 Å². The zero-order valence-electron chi connectivity index (χ0n) is 15.6. The molecule has 30 heavy (non-hydrogen) atoms. The highest BCUT2D eigenvalue weighted by atomic mass is 79.9. The van der Waals surface area contributed by atoms with Crippen LogP contribution in [-0.4, -0.2) is 22.7 Å². The molecule has 0 radical (unpaired) electrons. The Balaban J connectivity index is 1.57. The number of rotatable bonds is 3. The summed E-state index contributed by atoms with van der Waals surface area (Å²) in [6.07, 6.45) is -0.145. The number of hydrogen-bond donors (Lipinski definition) is 0.